The van der Waals surface area contributed by atoms with E-state index in [-0.39, 0.29) is 0 Å². The summed E-state index contributed by atoms with van der Waals surface area (Å²) in [7, 11) is 2.10. The van der Waals surface area contributed by atoms with Gasteiger partial charge in [0.15, 0.2) is 0 Å². The third-order valence-corrected chi connectivity index (χ3v) is 4.23. The predicted molar refractivity (Wildman–Crippen MR) is 66.4 cm³/mol. The van der Waals surface area contributed by atoms with Gasteiger partial charge >= 0.3 is 5.97 Å². The molecule has 1 N–H and O–H groups in total. The van der Waals surface area contributed by atoms with Crippen molar-refractivity contribution in [1.29, 1.82) is 0 Å². The number of nitrogens with zero attached hydrogens (tertiary/aromatic N) is 3. The number of aliphatic carboxylic acids is 1. The quantitative estimate of drug-likeness (QED) is 0.865. The molecule has 1 fully saturated rings. The second-order valence-corrected chi connectivity index (χ2v) is 5.36. The molecule has 0 saturated carbocycles. The van der Waals surface area contributed by atoms with Crippen molar-refractivity contribution >= 4 is 5.97 Å². The lowest BCUT2D eigenvalue weighted by Crippen LogP contribution is -2.29. The molecule has 0 aliphatic carbocycles. The number of carbonyl (C=O) groups is 1. The van der Waals surface area contributed by atoms with Crippen LogP contribution < -0.4 is 0 Å². The van der Waals surface area contributed by atoms with Crippen LogP contribution >= 0.6 is 0 Å². The fourth-order valence-corrected chi connectivity index (χ4v) is 3.28. The highest BCUT2D eigenvalue weighted by Gasteiger charge is 2.33. The van der Waals surface area contributed by atoms with Crippen LogP contribution in [0.3, 0.4) is 0 Å². The predicted octanol–water partition coefficient (Wildman–Crippen LogP) is 1.61. The fourth-order valence-electron chi connectivity index (χ4n) is 3.28. The Bertz CT molecular complexity index is 469. The molecule has 2 unspecified atom stereocenters. The highest BCUT2D eigenvalue weighted by Crippen LogP contribution is 2.35. The number of carboxylic acids is 1. The average molecular weight is 249 g/mol. The van der Waals surface area contributed by atoms with Gasteiger partial charge in [0, 0.05) is 11.9 Å². The van der Waals surface area contributed by atoms with Gasteiger partial charge in [0.25, 0.3) is 0 Å². The molecule has 18 heavy (non-hydrogen) atoms. The number of fused-ring (bicyclic) bond motifs is 1. The third-order valence-electron chi connectivity index (χ3n) is 4.23. The van der Waals surface area contributed by atoms with Crippen LogP contribution in [0.25, 0.3) is 0 Å². The number of likely N-dealkylation sites (tertiary alicyclic amines) is 1. The summed E-state index contributed by atoms with van der Waals surface area (Å²) in [5, 5.41) is 9.37. The van der Waals surface area contributed by atoms with Crippen molar-refractivity contribution in [3.05, 3.63) is 17.7 Å². The maximum atomic E-state index is 11.4. The number of aromatic nitrogens is 2. The van der Waals surface area contributed by atoms with E-state index in [0.717, 1.165) is 43.7 Å². The molecule has 0 amide bonds. The topological polar surface area (TPSA) is 58.4 Å². The van der Waals surface area contributed by atoms with Crippen molar-refractivity contribution in [3.8, 4) is 0 Å². The molecule has 3 heterocycles. The van der Waals surface area contributed by atoms with Crippen molar-refractivity contribution in [2.75, 3.05) is 13.6 Å². The first-order valence-electron chi connectivity index (χ1n) is 6.67. The Kier molecular flexibility index (Phi) is 2.86. The number of carboxylic acid groups (broad SMARTS) is 1. The van der Waals surface area contributed by atoms with Crippen molar-refractivity contribution < 1.29 is 9.90 Å². The van der Waals surface area contributed by atoms with E-state index in [2.05, 4.69) is 16.9 Å². The van der Waals surface area contributed by atoms with Gasteiger partial charge < -0.3 is 9.67 Å². The summed E-state index contributed by atoms with van der Waals surface area (Å²) < 4.78 is 1.98. The Balaban J connectivity index is 2.01. The lowest BCUT2D eigenvalue weighted by Gasteiger charge is -2.27. The first kappa shape index (κ1) is 11.7. The smallest absolute Gasteiger partial charge is 0.326 e. The Morgan fingerprint density at radius 3 is 2.94 bits per heavy atom. The maximum absolute atomic E-state index is 11.4. The van der Waals surface area contributed by atoms with E-state index >= 15 is 0 Å². The summed E-state index contributed by atoms with van der Waals surface area (Å²) in [6.45, 7) is 1.07. The van der Waals surface area contributed by atoms with Gasteiger partial charge in [0.05, 0.1) is 6.04 Å². The highest BCUT2D eigenvalue weighted by molar-refractivity contribution is 5.72. The maximum Gasteiger partial charge on any atom is 0.326 e. The molecule has 3 rings (SSSR count). The first-order chi connectivity index (χ1) is 8.68. The van der Waals surface area contributed by atoms with Crippen LogP contribution in [0.15, 0.2) is 6.20 Å². The summed E-state index contributed by atoms with van der Waals surface area (Å²) in [5.41, 5.74) is 1.09. The second-order valence-electron chi connectivity index (χ2n) is 5.36. The molecule has 0 aromatic carbocycles. The third kappa shape index (κ3) is 1.73. The number of hydrogen-bond donors (Lipinski definition) is 1. The van der Waals surface area contributed by atoms with Crippen LogP contribution in [0.1, 0.15) is 49.3 Å². The largest absolute Gasteiger partial charge is 0.480 e. The highest BCUT2D eigenvalue weighted by atomic mass is 16.4. The van der Waals surface area contributed by atoms with Gasteiger partial charge in [-0.25, -0.2) is 9.78 Å². The number of imidazole rings is 1. The van der Waals surface area contributed by atoms with Crippen LogP contribution in [-0.2, 0) is 11.2 Å². The van der Waals surface area contributed by atoms with Crippen molar-refractivity contribution in [2.24, 2.45) is 0 Å². The van der Waals surface area contributed by atoms with E-state index in [1.807, 2.05) is 10.8 Å². The minimum Gasteiger partial charge on any atom is -0.480 e. The normalized spacial score (nSPS) is 28.3. The van der Waals surface area contributed by atoms with Crippen molar-refractivity contribution in [1.82, 2.24) is 14.5 Å². The zero-order chi connectivity index (χ0) is 12.7. The van der Waals surface area contributed by atoms with Crippen LogP contribution in [0.4, 0.5) is 0 Å². The molecule has 0 spiro atoms. The van der Waals surface area contributed by atoms with E-state index in [1.165, 1.54) is 6.42 Å². The van der Waals surface area contributed by atoms with E-state index < -0.39 is 12.0 Å². The zero-order valence-corrected chi connectivity index (χ0v) is 10.7. The summed E-state index contributed by atoms with van der Waals surface area (Å²) in [4.78, 5) is 18.2. The molecule has 2 aliphatic heterocycles. The summed E-state index contributed by atoms with van der Waals surface area (Å²) >= 11 is 0. The molecule has 5 heteroatoms. The monoisotopic (exact) mass is 249 g/mol. The minimum atomic E-state index is -0.726. The SMILES string of the molecule is CN1CCCC1c1ncc2n1C(C(=O)O)CCC2. The molecule has 0 bridgehead atoms. The first-order valence-corrected chi connectivity index (χ1v) is 6.67. The van der Waals surface area contributed by atoms with Crippen molar-refractivity contribution in [3.63, 3.8) is 0 Å². The molecular weight excluding hydrogens is 230 g/mol. The van der Waals surface area contributed by atoms with E-state index in [1.54, 1.807) is 0 Å². The van der Waals surface area contributed by atoms with Gasteiger partial charge in [-0.05, 0) is 45.7 Å². The average Bonchev–Trinajstić information content (AvgIpc) is 2.94. The van der Waals surface area contributed by atoms with Crippen LogP contribution in [0, 0.1) is 0 Å². The zero-order valence-electron chi connectivity index (χ0n) is 10.7. The molecule has 1 aromatic rings. The van der Waals surface area contributed by atoms with Gasteiger partial charge in [-0.15, -0.1) is 0 Å². The van der Waals surface area contributed by atoms with Gasteiger partial charge in [-0.3, -0.25) is 4.90 Å². The van der Waals surface area contributed by atoms with Crippen LogP contribution in [-0.4, -0.2) is 39.1 Å². The Morgan fingerprint density at radius 2 is 2.28 bits per heavy atom. The Morgan fingerprint density at radius 1 is 1.44 bits per heavy atom. The molecule has 1 aromatic heterocycles. The van der Waals surface area contributed by atoms with E-state index in [9.17, 15) is 9.90 Å². The summed E-state index contributed by atoms with van der Waals surface area (Å²) in [5.74, 6) is 0.230. The van der Waals surface area contributed by atoms with Gasteiger partial charge in [-0.2, -0.15) is 0 Å². The standard InChI is InChI=1S/C13H19N3O2/c1-15-7-3-6-10(15)12-14-8-9-4-2-5-11(13(17)18)16(9)12/h8,10-11H,2-7H2,1H3,(H,17,18). The van der Waals surface area contributed by atoms with Gasteiger partial charge in [0.1, 0.15) is 11.9 Å². The number of aryl methyl sites for hydroxylation is 1. The van der Waals surface area contributed by atoms with Gasteiger partial charge in [-0.1, -0.05) is 0 Å². The number of hydrogen-bond acceptors (Lipinski definition) is 3. The Labute approximate surface area is 106 Å². The van der Waals surface area contributed by atoms with E-state index in [0.29, 0.717) is 6.04 Å². The number of rotatable bonds is 2. The fraction of sp³-hybridized carbons (Fsp3) is 0.692. The molecule has 1 saturated heterocycles. The molecule has 5 nitrogen and oxygen atoms in total. The molecule has 2 atom stereocenters. The molecular formula is C13H19N3O2. The summed E-state index contributed by atoms with van der Waals surface area (Å²) in [6, 6.07) is -0.126. The lowest BCUT2D eigenvalue weighted by molar-refractivity contribution is -0.141. The van der Waals surface area contributed by atoms with E-state index in [4.69, 9.17) is 0 Å². The van der Waals surface area contributed by atoms with Crippen LogP contribution in [0.2, 0.25) is 0 Å². The minimum absolute atomic E-state index is 0.290. The lowest BCUT2D eigenvalue weighted by atomic mass is 10.0. The summed E-state index contributed by atoms with van der Waals surface area (Å²) in [6.07, 6.45) is 6.74. The van der Waals surface area contributed by atoms with Crippen LogP contribution in [0.5, 0.6) is 0 Å². The van der Waals surface area contributed by atoms with Gasteiger partial charge in [0.2, 0.25) is 0 Å². The molecule has 2 aliphatic rings. The Hall–Kier alpha value is -1.36. The van der Waals surface area contributed by atoms with Crippen molar-refractivity contribution in [2.45, 2.75) is 44.2 Å². The second kappa shape index (κ2) is 4.39. The molecule has 0 radical (unpaired) electrons. The molecule has 98 valence electrons.